The molecular weight excluding hydrogens is 142 g/mol. The van der Waals surface area contributed by atoms with Crippen molar-refractivity contribution in [2.75, 3.05) is 7.11 Å². The SMILES string of the molecule is CCCCC(C)(N)C(=O)OC. The van der Waals surface area contributed by atoms with E-state index >= 15 is 0 Å². The number of ether oxygens (including phenoxy) is 1. The highest BCUT2D eigenvalue weighted by Crippen LogP contribution is 2.11. The van der Waals surface area contributed by atoms with Crippen LogP contribution < -0.4 is 5.73 Å². The Morgan fingerprint density at radius 1 is 1.64 bits per heavy atom. The fourth-order valence-corrected chi connectivity index (χ4v) is 0.879. The van der Waals surface area contributed by atoms with Gasteiger partial charge in [0.15, 0.2) is 0 Å². The molecule has 0 amide bonds. The predicted molar refractivity (Wildman–Crippen MR) is 44.1 cm³/mol. The van der Waals surface area contributed by atoms with Crippen LogP contribution in [0.1, 0.15) is 33.1 Å². The van der Waals surface area contributed by atoms with Gasteiger partial charge in [0.05, 0.1) is 7.11 Å². The van der Waals surface area contributed by atoms with Crippen LogP contribution in [-0.4, -0.2) is 18.6 Å². The molecule has 0 aliphatic rings. The first kappa shape index (κ1) is 10.4. The molecule has 0 fully saturated rings. The maximum absolute atomic E-state index is 11.0. The van der Waals surface area contributed by atoms with Crippen molar-refractivity contribution < 1.29 is 9.53 Å². The number of carbonyl (C=O) groups is 1. The minimum absolute atomic E-state index is 0.328. The maximum Gasteiger partial charge on any atom is 0.325 e. The number of unbranched alkanes of at least 4 members (excludes halogenated alkanes) is 1. The van der Waals surface area contributed by atoms with Crippen LogP contribution >= 0.6 is 0 Å². The Kier molecular flexibility index (Phi) is 4.11. The van der Waals surface area contributed by atoms with Crippen molar-refractivity contribution in [3.63, 3.8) is 0 Å². The van der Waals surface area contributed by atoms with Gasteiger partial charge in [-0.2, -0.15) is 0 Å². The highest BCUT2D eigenvalue weighted by atomic mass is 16.5. The van der Waals surface area contributed by atoms with E-state index in [9.17, 15) is 4.79 Å². The van der Waals surface area contributed by atoms with Gasteiger partial charge in [-0.1, -0.05) is 19.8 Å². The van der Waals surface area contributed by atoms with Crippen molar-refractivity contribution in [3.8, 4) is 0 Å². The van der Waals surface area contributed by atoms with E-state index in [0.29, 0.717) is 6.42 Å². The molecule has 0 aliphatic heterocycles. The third-order valence-corrected chi connectivity index (χ3v) is 1.70. The van der Waals surface area contributed by atoms with Gasteiger partial charge in [-0.15, -0.1) is 0 Å². The van der Waals surface area contributed by atoms with Crippen molar-refractivity contribution in [3.05, 3.63) is 0 Å². The quantitative estimate of drug-likeness (QED) is 0.624. The van der Waals surface area contributed by atoms with Gasteiger partial charge in [-0.3, -0.25) is 4.79 Å². The molecule has 0 heterocycles. The molecule has 0 aromatic heterocycles. The van der Waals surface area contributed by atoms with E-state index in [2.05, 4.69) is 11.7 Å². The molecule has 2 N–H and O–H groups in total. The summed E-state index contributed by atoms with van der Waals surface area (Å²) in [6.45, 7) is 3.77. The smallest absolute Gasteiger partial charge is 0.325 e. The molecular formula is C8H17NO2. The molecule has 0 aromatic rings. The minimum atomic E-state index is -0.801. The van der Waals surface area contributed by atoms with Gasteiger partial charge >= 0.3 is 5.97 Å². The normalized spacial score (nSPS) is 15.6. The van der Waals surface area contributed by atoms with Crippen LogP contribution in [0.4, 0.5) is 0 Å². The molecule has 3 heteroatoms. The highest BCUT2D eigenvalue weighted by Gasteiger charge is 2.28. The van der Waals surface area contributed by atoms with Gasteiger partial charge in [0.1, 0.15) is 5.54 Å². The number of carbonyl (C=O) groups excluding carboxylic acids is 1. The first-order valence-corrected chi connectivity index (χ1v) is 3.92. The molecule has 11 heavy (non-hydrogen) atoms. The summed E-state index contributed by atoms with van der Waals surface area (Å²) >= 11 is 0. The molecule has 0 bridgehead atoms. The molecule has 0 aliphatic carbocycles. The highest BCUT2D eigenvalue weighted by molar-refractivity contribution is 5.79. The monoisotopic (exact) mass is 159 g/mol. The fourth-order valence-electron chi connectivity index (χ4n) is 0.879. The van der Waals surface area contributed by atoms with Crippen molar-refractivity contribution in [2.45, 2.75) is 38.6 Å². The van der Waals surface area contributed by atoms with E-state index in [1.807, 2.05) is 0 Å². The number of methoxy groups -OCH3 is 1. The van der Waals surface area contributed by atoms with Gasteiger partial charge in [-0.05, 0) is 13.3 Å². The molecule has 66 valence electrons. The molecule has 3 nitrogen and oxygen atoms in total. The van der Waals surface area contributed by atoms with E-state index in [4.69, 9.17) is 5.73 Å². The Hall–Kier alpha value is -0.570. The second kappa shape index (κ2) is 4.34. The molecule has 0 saturated heterocycles. The molecule has 0 saturated carbocycles. The topological polar surface area (TPSA) is 52.3 Å². The summed E-state index contributed by atoms with van der Waals surface area (Å²) in [5.41, 5.74) is 4.88. The fraction of sp³-hybridized carbons (Fsp3) is 0.875. The first-order valence-electron chi connectivity index (χ1n) is 3.92. The van der Waals surface area contributed by atoms with Crippen LogP contribution in [0.15, 0.2) is 0 Å². The van der Waals surface area contributed by atoms with Gasteiger partial charge < -0.3 is 10.5 Å². The Balaban J connectivity index is 3.88. The van der Waals surface area contributed by atoms with Crippen molar-refractivity contribution in [1.29, 1.82) is 0 Å². The summed E-state index contributed by atoms with van der Waals surface area (Å²) in [7, 11) is 1.36. The Morgan fingerprint density at radius 3 is 2.55 bits per heavy atom. The van der Waals surface area contributed by atoms with Crippen LogP contribution in [-0.2, 0) is 9.53 Å². The van der Waals surface area contributed by atoms with Crippen LogP contribution in [0.5, 0.6) is 0 Å². The van der Waals surface area contributed by atoms with Gasteiger partial charge in [0, 0.05) is 0 Å². The van der Waals surface area contributed by atoms with Crippen molar-refractivity contribution in [1.82, 2.24) is 0 Å². The Bertz CT molecular complexity index is 132. The van der Waals surface area contributed by atoms with Crippen molar-refractivity contribution >= 4 is 5.97 Å². The Labute approximate surface area is 67.9 Å². The van der Waals surface area contributed by atoms with Crippen molar-refractivity contribution in [2.24, 2.45) is 5.73 Å². The lowest BCUT2D eigenvalue weighted by atomic mass is 9.97. The Morgan fingerprint density at radius 2 is 2.18 bits per heavy atom. The average Bonchev–Trinajstić information content (AvgIpc) is 1.99. The molecule has 0 spiro atoms. The number of esters is 1. The van der Waals surface area contributed by atoms with Crippen LogP contribution in [0.3, 0.4) is 0 Å². The lowest BCUT2D eigenvalue weighted by Gasteiger charge is -2.20. The van der Waals surface area contributed by atoms with E-state index in [0.717, 1.165) is 12.8 Å². The second-order valence-electron chi connectivity index (χ2n) is 3.01. The zero-order chi connectivity index (χ0) is 8.91. The van der Waals surface area contributed by atoms with Gasteiger partial charge in [0.25, 0.3) is 0 Å². The largest absolute Gasteiger partial charge is 0.468 e. The summed E-state index contributed by atoms with van der Waals surface area (Å²) < 4.78 is 4.55. The minimum Gasteiger partial charge on any atom is -0.468 e. The van der Waals surface area contributed by atoms with E-state index in [-0.39, 0.29) is 5.97 Å². The zero-order valence-corrected chi connectivity index (χ0v) is 7.52. The third-order valence-electron chi connectivity index (χ3n) is 1.70. The number of nitrogens with two attached hydrogens (primary N) is 1. The molecule has 0 aromatic carbocycles. The second-order valence-corrected chi connectivity index (χ2v) is 3.01. The van der Waals surface area contributed by atoms with E-state index < -0.39 is 5.54 Å². The predicted octanol–water partition coefficient (Wildman–Crippen LogP) is 1.07. The van der Waals surface area contributed by atoms with Gasteiger partial charge in [-0.25, -0.2) is 0 Å². The summed E-state index contributed by atoms with van der Waals surface area (Å²) in [5.74, 6) is -0.328. The molecule has 0 radical (unpaired) electrons. The summed E-state index contributed by atoms with van der Waals surface area (Å²) in [4.78, 5) is 11.0. The van der Waals surface area contributed by atoms with Gasteiger partial charge in [0.2, 0.25) is 0 Å². The van der Waals surface area contributed by atoms with E-state index in [1.54, 1.807) is 6.92 Å². The zero-order valence-electron chi connectivity index (χ0n) is 7.52. The summed E-state index contributed by atoms with van der Waals surface area (Å²) in [6.07, 6.45) is 2.70. The van der Waals surface area contributed by atoms with E-state index in [1.165, 1.54) is 7.11 Å². The number of hydrogen-bond acceptors (Lipinski definition) is 3. The molecule has 1 atom stereocenters. The standard InChI is InChI=1S/C8H17NO2/c1-4-5-6-8(2,9)7(10)11-3/h4-6,9H2,1-3H3. The molecule has 0 rings (SSSR count). The average molecular weight is 159 g/mol. The summed E-state index contributed by atoms with van der Waals surface area (Å²) in [5, 5.41) is 0. The maximum atomic E-state index is 11.0. The number of hydrogen-bond donors (Lipinski definition) is 1. The summed E-state index contributed by atoms with van der Waals surface area (Å²) in [6, 6.07) is 0. The lowest BCUT2D eigenvalue weighted by Crippen LogP contribution is -2.45. The lowest BCUT2D eigenvalue weighted by molar-refractivity contribution is -0.146. The van der Waals surface area contributed by atoms with Crippen LogP contribution in [0, 0.1) is 0 Å². The molecule has 1 unspecified atom stereocenters. The third kappa shape index (κ3) is 3.37. The first-order chi connectivity index (χ1) is 5.04. The van der Waals surface area contributed by atoms with Crippen LogP contribution in [0.25, 0.3) is 0 Å². The number of rotatable bonds is 4. The van der Waals surface area contributed by atoms with Crippen LogP contribution in [0.2, 0.25) is 0 Å².